The van der Waals surface area contributed by atoms with Gasteiger partial charge in [-0.15, -0.1) is 0 Å². The maximum absolute atomic E-state index is 12.8. The zero-order valence-electron chi connectivity index (χ0n) is 20.4. The van der Waals surface area contributed by atoms with Crippen LogP contribution in [0, 0.1) is 0 Å². The Bertz CT molecular complexity index is 1700. The second kappa shape index (κ2) is 8.99. The van der Waals surface area contributed by atoms with Gasteiger partial charge in [0.05, 0.1) is 23.7 Å². The number of aryl methyl sites for hydroxylation is 2. The third kappa shape index (κ3) is 4.01. The summed E-state index contributed by atoms with van der Waals surface area (Å²) < 4.78 is 26.9. The summed E-state index contributed by atoms with van der Waals surface area (Å²) in [6, 6.07) is 1.74. The molecule has 0 saturated carbocycles. The number of H-pyrrole nitrogens is 1. The fraction of sp³-hybridized carbons (Fsp3) is 0.333. The number of nitrogens with one attached hydrogen (secondary N) is 1. The molecule has 0 saturated heterocycles. The third-order valence-electron chi connectivity index (χ3n) is 7.03. The lowest BCUT2D eigenvalue weighted by atomic mass is 10.1. The number of rotatable bonds is 6. The van der Waals surface area contributed by atoms with E-state index in [1.165, 1.54) is 10.8 Å². The molecule has 13 nitrogen and oxygen atoms in total. The zero-order chi connectivity index (χ0) is 26.6. The molecule has 4 aromatic rings. The Morgan fingerprint density at radius 3 is 2.89 bits per heavy atom. The average Bonchev–Trinajstić information content (AvgIpc) is 3.68. The van der Waals surface area contributed by atoms with E-state index in [0.717, 1.165) is 17.4 Å². The van der Waals surface area contributed by atoms with E-state index in [1.807, 2.05) is 12.1 Å². The number of aromatic amines is 1. The van der Waals surface area contributed by atoms with Crippen molar-refractivity contribution in [3.05, 3.63) is 59.8 Å². The summed E-state index contributed by atoms with van der Waals surface area (Å²) in [6.07, 6.45) is 11.3. The smallest absolute Gasteiger partial charge is 0.295 e. The van der Waals surface area contributed by atoms with Gasteiger partial charge >= 0.3 is 0 Å². The minimum atomic E-state index is -3.74. The van der Waals surface area contributed by atoms with E-state index in [4.69, 9.17) is 10.7 Å². The van der Waals surface area contributed by atoms with Gasteiger partial charge in [0.2, 0.25) is 5.82 Å². The number of pyridine rings is 1. The van der Waals surface area contributed by atoms with Gasteiger partial charge in [-0.05, 0) is 43.7 Å². The molecular weight excluding hydrogens is 510 g/mol. The van der Waals surface area contributed by atoms with Crippen LogP contribution < -0.4 is 5.73 Å². The SMILES string of the molecule is CS(=O)(=O)c1c(CCC2CC=CN2C(=O)c2ncn[nH]2)nc2c(-c3cnc4c(c3)CCC4O)cnn2c1N. The van der Waals surface area contributed by atoms with Gasteiger partial charge in [0.1, 0.15) is 17.0 Å². The Morgan fingerprint density at radius 2 is 2.13 bits per heavy atom. The van der Waals surface area contributed by atoms with Crippen LogP contribution in [0.1, 0.15) is 52.9 Å². The summed E-state index contributed by atoms with van der Waals surface area (Å²) in [5.41, 5.74) is 10.1. The van der Waals surface area contributed by atoms with E-state index >= 15 is 0 Å². The maximum Gasteiger partial charge on any atom is 0.295 e. The first-order chi connectivity index (χ1) is 18.2. The number of nitrogen functional groups attached to an aromatic ring is 1. The van der Waals surface area contributed by atoms with E-state index < -0.39 is 15.9 Å². The van der Waals surface area contributed by atoms with Crippen LogP contribution in [0.5, 0.6) is 0 Å². The zero-order valence-corrected chi connectivity index (χ0v) is 21.3. The summed E-state index contributed by atoms with van der Waals surface area (Å²) in [7, 11) is -3.74. The molecule has 6 rings (SSSR count). The Balaban J connectivity index is 1.37. The van der Waals surface area contributed by atoms with Gasteiger partial charge in [0, 0.05) is 35.8 Å². The molecule has 0 spiro atoms. The quantitative estimate of drug-likeness (QED) is 0.324. The van der Waals surface area contributed by atoms with Crippen LogP contribution in [0.15, 0.2) is 42.0 Å². The molecule has 0 bridgehead atoms. The highest BCUT2D eigenvalue weighted by atomic mass is 32.2. The van der Waals surface area contributed by atoms with E-state index in [0.29, 0.717) is 48.3 Å². The number of hydrogen-bond donors (Lipinski definition) is 3. The Labute approximate surface area is 217 Å². The fourth-order valence-electron chi connectivity index (χ4n) is 5.21. The van der Waals surface area contributed by atoms with Crippen molar-refractivity contribution in [2.75, 3.05) is 12.0 Å². The second-order valence-corrected chi connectivity index (χ2v) is 11.5. The summed E-state index contributed by atoms with van der Waals surface area (Å²) in [5, 5.41) is 20.8. The number of anilines is 1. The van der Waals surface area contributed by atoms with Gasteiger partial charge in [-0.3, -0.25) is 14.9 Å². The number of fused-ring (bicyclic) bond motifs is 2. The molecule has 4 aromatic heterocycles. The van der Waals surface area contributed by atoms with Crippen LogP contribution in [0.2, 0.25) is 0 Å². The molecule has 38 heavy (non-hydrogen) atoms. The number of nitrogens with two attached hydrogens (primary N) is 1. The molecule has 14 heteroatoms. The predicted molar refractivity (Wildman–Crippen MR) is 135 cm³/mol. The molecule has 0 radical (unpaired) electrons. The van der Waals surface area contributed by atoms with Crippen LogP contribution in [-0.4, -0.2) is 71.4 Å². The second-order valence-electron chi connectivity index (χ2n) is 9.52. The number of aliphatic hydroxyl groups excluding tert-OH is 1. The van der Waals surface area contributed by atoms with Crippen molar-refractivity contribution in [2.24, 2.45) is 0 Å². The van der Waals surface area contributed by atoms with Crippen LogP contribution in [0.3, 0.4) is 0 Å². The number of sulfone groups is 1. The first-order valence-corrected chi connectivity index (χ1v) is 14.0. The third-order valence-corrected chi connectivity index (χ3v) is 8.21. The highest BCUT2D eigenvalue weighted by Gasteiger charge is 2.30. The summed E-state index contributed by atoms with van der Waals surface area (Å²) in [4.78, 5) is 27.4. The molecule has 4 N–H and O–H groups in total. The molecule has 1 aliphatic heterocycles. The van der Waals surface area contributed by atoms with Crippen LogP contribution in [-0.2, 0) is 22.7 Å². The number of carbonyl (C=O) groups is 1. The summed E-state index contributed by atoms with van der Waals surface area (Å²) in [5.74, 6) is -0.219. The molecular formula is C24H25N9O4S. The highest BCUT2D eigenvalue weighted by Crippen LogP contribution is 2.35. The Hall–Kier alpha value is -4.17. The van der Waals surface area contributed by atoms with Gasteiger partial charge in [-0.1, -0.05) is 6.08 Å². The largest absolute Gasteiger partial charge is 0.387 e. The molecule has 1 amide bonds. The molecule has 2 atom stereocenters. The van der Waals surface area contributed by atoms with Gasteiger partial charge in [0.15, 0.2) is 15.5 Å². The monoisotopic (exact) mass is 535 g/mol. The van der Waals surface area contributed by atoms with Crippen molar-refractivity contribution in [3.63, 3.8) is 0 Å². The first kappa shape index (κ1) is 24.2. The molecule has 196 valence electrons. The van der Waals surface area contributed by atoms with Crippen molar-refractivity contribution >= 4 is 27.2 Å². The molecule has 1 aliphatic carbocycles. The number of amides is 1. The van der Waals surface area contributed by atoms with Crippen molar-refractivity contribution in [3.8, 4) is 11.1 Å². The minimum Gasteiger partial charge on any atom is -0.387 e. The van der Waals surface area contributed by atoms with Crippen molar-refractivity contribution in [1.29, 1.82) is 0 Å². The number of aromatic nitrogens is 7. The van der Waals surface area contributed by atoms with E-state index in [1.54, 1.807) is 23.5 Å². The highest BCUT2D eigenvalue weighted by molar-refractivity contribution is 7.91. The summed E-state index contributed by atoms with van der Waals surface area (Å²) >= 11 is 0. The number of aliphatic hydroxyl groups is 1. The Morgan fingerprint density at radius 1 is 1.29 bits per heavy atom. The average molecular weight is 536 g/mol. The van der Waals surface area contributed by atoms with Crippen LogP contribution >= 0.6 is 0 Å². The molecule has 0 fully saturated rings. The van der Waals surface area contributed by atoms with Crippen molar-refractivity contribution in [1.82, 2.24) is 39.7 Å². The number of nitrogens with zero attached hydrogens (tertiary/aromatic N) is 7. The van der Waals surface area contributed by atoms with E-state index in [-0.39, 0.29) is 34.9 Å². The van der Waals surface area contributed by atoms with Gasteiger partial charge < -0.3 is 15.7 Å². The van der Waals surface area contributed by atoms with E-state index in [9.17, 15) is 18.3 Å². The van der Waals surface area contributed by atoms with Crippen LogP contribution in [0.4, 0.5) is 5.82 Å². The van der Waals surface area contributed by atoms with Gasteiger partial charge in [-0.25, -0.2) is 18.4 Å². The van der Waals surface area contributed by atoms with Gasteiger partial charge in [0.25, 0.3) is 5.91 Å². The molecule has 2 aliphatic rings. The Kier molecular flexibility index (Phi) is 5.72. The summed E-state index contributed by atoms with van der Waals surface area (Å²) in [6.45, 7) is 0. The predicted octanol–water partition coefficient (Wildman–Crippen LogP) is 1.24. The standard InChI is InChI=1S/C24H25N9O4S/c1-38(36,37)20-17(6-5-15-3-2-8-32(15)24(35)22-27-12-28-31-22)30-23-16(11-29-33(23)21(20)25)14-9-13-4-7-18(34)19(13)26-10-14/h2,8-12,15,18,34H,3-7,25H2,1H3,(H,27,28,31). The normalized spacial score (nSPS) is 18.9. The molecule has 0 aromatic carbocycles. The molecule has 2 unspecified atom stereocenters. The van der Waals surface area contributed by atoms with Crippen molar-refractivity contribution < 1.29 is 18.3 Å². The number of hydrogen-bond acceptors (Lipinski definition) is 10. The minimum absolute atomic E-state index is 0.0255. The van der Waals surface area contributed by atoms with E-state index in [2.05, 4.69) is 25.3 Å². The molecule has 5 heterocycles. The van der Waals surface area contributed by atoms with Crippen molar-refractivity contribution in [2.45, 2.75) is 49.1 Å². The lowest BCUT2D eigenvalue weighted by Crippen LogP contribution is -2.34. The lowest BCUT2D eigenvalue weighted by molar-refractivity contribution is 0.0767. The van der Waals surface area contributed by atoms with Gasteiger partial charge in [-0.2, -0.15) is 14.7 Å². The number of carbonyl (C=O) groups excluding carboxylic acids is 1. The maximum atomic E-state index is 12.8. The topological polar surface area (TPSA) is 185 Å². The fourth-order valence-corrected chi connectivity index (χ4v) is 6.26. The van der Waals surface area contributed by atoms with Crippen LogP contribution in [0.25, 0.3) is 16.8 Å². The first-order valence-electron chi connectivity index (χ1n) is 12.1. The lowest BCUT2D eigenvalue weighted by Gasteiger charge is -2.23.